The largest absolute Gasteiger partial charge is 0.396 e. The molecule has 0 saturated carbocycles. The number of halogens is 1. The lowest BCUT2D eigenvalue weighted by Crippen LogP contribution is -2.10. The Bertz CT molecular complexity index is 78.8. The second-order valence-electron chi connectivity index (χ2n) is 2.21. The molecule has 0 aromatic heterocycles. The van der Waals surface area contributed by atoms with Crippen molar-refractivity contribution in [2.24, 2.45) is 5.92 Å². The lowest BCUT2D eigenvalue weighted by atomic mass is 10.1. The molecular formula is C5H10ClNO. The maximum atomic E-state index is 8.60. The Hall–Kier alpha value is 0.210. The molecule has 3 heteroatoms. The monoisotopic (exact) mass is 135 g/mol. The van der Waals surface area contributed by atoms with Crippen LogP contribution in [0.5, 0.6) is 0 Å². The van der Waals surface area contributed by atoms with Crippen molar-refractivity contribution in [1.29, 1.82) is 0 Å². The van der Waals surface area contributed by atoms with Gasteiger partial charge in [-0.05, 0) is 24.1 Å². The average molecular weight is 136 g/mol. The zero-order valence-corrected chi connectivity index (χ0v) is 5.43. The normalized spacial score (nSPS) is 31.5. The molecule has 0 aromatic carbocycles. The molecule has 1 N–H and O–H groups in total. The van der Waals surface area contributed by atoms with E-state index in [0.29, 0.717) is 5.92 Å². The van der Waals surface area contributed by atoms with Gasteiger partial charge in [0.2, 0.25) is 0 Å². The highest BCUT2D eigenvalue weighted by Crippen LogP contribution is 2.16. The summed E-state index contributed by atoms with van der Waals surface area (Å²) < 4.78 is 1.72. The Morgan fingerprint density at radius 3 is 2.75 bits per heavy atom. The second-order valence-corrected chi connectivity index (χ2v) is 2.68. The Morgan fingerprint density at radius 2 is 2.50 bits per heavy atom. The first kappa shape index (κ1) is 6.33. The van der Waals surface area contributed by atoms with E-state index in [1.54, 1.807) is 4.42 Å². The third-order valence-corrected chi connectivity index (χ3v) is 1.80. The van der Waals surface area contributed by atoms with Gasteiger partial charge in [0.15, 0.2) is 0 Å². The lowest BCUT2D eigenvalue weighted by molar-refractivity contribution is 0.233. The Kier molecular flexibility index (Phi) is 2.11. The molecular weight excluding hydrogens is 126 g/mol. The number of rotatable bonds is 1. The van der Waals surface area contributed by atoms with Gasteiger partial charge in [-0.2, -0.15) is 0 Å². The number of nitrogens with zero attached hydrogens (tertiary/aromatic N) is 1. The molecule has 48 valence electrons. The molecule has 1 rings (SSSR count). The molecule has 8 heavy (non-hydrogen) atoms. The van der Waals surface area contributed by atoms with Gasteiger partial charge in [0.05, 0.1) is 0 Å². The fourth-order valence-electron chi connectivity index (χ4n) is 0.934. The highest BCUT2D eigenvalue weighted by molar-refractivity contribution is 6.13. The minimum absolute atomic E-state index is 0.281. The van der Waals surface area contributed by atoms with E-state index >= 15 is 0 Å². The summed E-state index contributed by atoms with van der Waals surface area (Å²) in [5.74, 6) is 0.424. The topological polar surface area (TPSA) is 23.5 Å². The summed E-state index contributed by atoms with van der Waals surface area (Å²) in [6.45, 7) is 2.05. The van der Waals surface area contributed by atoms with Gasteiger partial charge in [-0.15, -0.1) is 0 Å². The minimum Gasteiger partial charge on any atom is -0.396 e. The summed E-state index contributed by atoms with van der Waals surface area (Å²) in [7, 11) is 0. The molecule has 0 unspecified atom stereocenters. The third-order valence-electron chi connectivity index (χ3n) is 1.49. The summed E-state index contributed by atoms with van der Waals surface area (Å²) >= 11 is 5.61. The molecule has 1 aliphatic rings. The van der Waals surface area contributed by atoms with Crippen LogP contribution < -0.4 is 0 Å². The van der Waals surface area contributed by atoms with Crippen molar-refractivity contribution in [2.75, 3.05) is 19.7 Å². The summed E-state index contributed by atoms with van der Waals surface area (Å²) in [5.41, 5.74) is 0. The van der Waals surface area contributed by atoms with E-state index in [2.05, 4.69) is 0 Å². The Morgan fingerprint density at radius 1 is 1.75 bits per heavy atom. The third kappa shape index (κ3) is 1.34. The van der Waals surface area contributed by atoms with Gasteiger partial charge in [0.25, 0.3) is 0 Å². The average Bonchev–Trinajstić information content (AvgIpc) is 2.14. The molecule has 0 bridgehead atoms. The molecule has 2 nitrogen and oxygen atoms in total. The highest BCUT2D eigenvalue weighted by atomic mass is 35.5. The standard InChI is InChI=1S/C5H10ClNO/c6-7-2-1-5(3-7)4-8/h5,8H,1-4H2/t5-/m1/s1. The quantitative estimate of drug-likeness (QED) is 0.528. The second kappa shape index (κ2) is 2.67. The maximum Gasteiger partial charge on any atom is 0.0472 e. The predicted octanol–water partition coefficient (Wildman–Crippen LogP) is 0.454. The van der Waals surface area contributed by atoms with Crippen molar-refractivity contribution in [2.45, 2.75) is 6.42 Å². The van der Waals surface area contributed by atoms with Crippen LogP contribution >= 0.6 is 11.8 Å². The van der Waals surface area contributed by atoms with Crippen LogP contribution in [0.3, 0.4) is 0 Å². The van der Waals surface area contributed by atoms with Crippen LogP contribution in [0.25, 0.3) is 0 Å². The van der Waals surface area contributed by atoms with Crippen LogP contribution in [-0.4, -0.2) is 29.2 Å². The molecule has 0 radical (unpaired) electrons. The van der Waals surface area contributed by atoms with Crippen LogP contribution in [0.15, 0.2) is 0 Å². The van der Waals surface area contributed by atoms with Crippen LogP contribution in [0, 0.1) is 5.92 Å². The minimum atomic E-state index is 0.281. The number of hydrogen-bond acceptors (Lipinski definition) is 2. The molecule has 1 aliphatic heterocycles. The van der Waals surface area contributed by atoms with Gasteiger partial charge < -0.3 is 5.11 Å². The zero-order chi connectivity index (χ0) is 5.98. The van der Waals surface area contributed by atoms with Crippen molar-refractivity contribution in [1.82, 2.24) is 4.42 Å². The summed E-state index contributed by atoms with van der Waals surface area (Å²) in [4.78, 5) is 0. The van der Waals surface area contributed by atoms with Gasteiger partial charge in [-0.3, -0.25) is 0 Å². The smallest absolute Gasteiger partial charge is 0.0472 e. The number of aliphatic hydroxyl groups is 1. The van der Waals surface area contributed by atoms with Crippen LogP contribution in [0.1, 0.15) is 6.42 Å². The van der Waals surface area contributed by atoms with Crippen molar-refractivity contribution >= 4 is 11.8 Å². The Balaban J connectivity index is 2.22. The van der Waals surface area contributed by atoms with Gasteiger partial charge in [-0.1, -0.05) is 0 Å². The van der Waals surface area contributed by atoms with E-state index in [1.807, 2.05) is 0 Å². The van der Waals surface area contributed by atoms with Crippen molar-refractivity contribution < 1.29 is 5.11 Å². The van der Waals surface area contributed by atoms with Gasteiger partial charge >= 0.3 is 0 Å². The van der Waals surface area contributed by atoms with E-state index in [9.17, 15) is 0 Å². The summed E-state index contributed by atoms with van der Waals surface area (Å²) in [6, 6.07) is 0. The summed E-state index contributed by atoms with van der Waals surface area (Å²) in [5, 5.41) is 8.60. The van der Waals surface area contributed by atoms with Crippen molar-refractivity contribution in [3.8, 4) is 0 Å². The Labute approximate surface area is 54.2 Å². The molecule has 1 heterocycles. The van der Waals surface area contributed by atoms with E-state index in [-0.39, 0.29) is 6.61 Å². The number of hydrogen-bond donors (Lipinski definition) is 1. The van der Waals surface area contributed by atoms with E-state index < -0.39 is 0 Å². The van der Waals surface area contributed by atoms with Gasteiger partial charge in [0, 0.05) is 19.7 Å². The summed E-state index contributed by atoms with van der Waals surface area (Å²) in [6.07, 6.45) is 1.04. The highest BCUT2D eigenvalue weighted by Gasteiger charge is 2.19. The fraction of sp³-hybridized carbons (Fsp3) is 1.00. The van der Waals surface area contributed by atoms with E-state index in [1.165, 1.54) is 0 Å². The fourth-order valence-corrected chi connectivity index (χ4v) is 1.23. The van der Waals surface area contributed by atoms with Crippen molar-refractivity contribution in [3.63, 3.8) is 0 Å². The van der Waals surface area contributed by atoms with E-state index in [4.69, 9.17) is 16.9 Å². The molecule has 1 atom stereocenters. The van der Waals surface area contributed by atoms with Crippen LogP contribution in [-0.2, 0) is 0 Å². The van der Waals surface area contributed by atoms with Crippen LogP contribution in [0.2, 0.25) is 0 Å². The van der Waals surface area contributed by atoms with Crippen LogP contribution in [0.4, 0.5) is 0 Å². The lowest BCUT2D eigenvalue weighted by Gasteiger charge is -2.02. The van der Waals surface area contributed by atoms with E-state index in [0.717, 1.165) is 19.5 Å². The molecule has 0 amide bonds. The number of aliphatic hydroxyl groups excluding tert-OH is 1. The van der Waals surface area contributed by atoms with Crippen molar-refractivity contribution in [3.05, 3.63) is 0 Å². The molecule has 0 aliphatic carbocycles. The first-order chi connectivity index (χ1) is 3.83. The molecule has 1 saturated heterocycles. The molecule has 1 fully saturated rings. The zero-order valence-electron chi connectivity index (χ0n) is 4.68. The SMILES string of the molecule is OC[C@@H]1CCN(Cl)C1. The molecule has 0 aromatic rings. The molecule has 0 spiro atoms. The van der Waals surface area contributed by atoms with Gasteiger partial charge in [0.1, 0.15) is 0 Å². The van der Waals surface area contributed by atoms with Gasteiger partial charge in [-0.25, -0.2) is 4.42 Å². The predicted molar refractivity (Wildman–Crippen MR) is 32.6 cm³/mol. The first-order valence-corrected chi connectivity index (χ1v) is 3.18. The first-order valence-electron chi connectivity index (χ1n) is 2.84. The maximum absolute atomic E-state index is 8.60.